The summed E-state index contributed by atoms with van der Waals surface area (Å²) in [4.78, 5) is 13.2. The fourth-order valence-corrected chi connectivity index (χ4v) is 3.12. The molecular formula is C15H20BrNO2. The fraction of sp³-hybridized carbons (Fsp3) is 0.533. The molecule has 19 heavy (non-hydrogen) atoms. The third-order valence-corrected chi connectivity index (χ3v) is 4.58. The molecule has 1 aromatic carbocycles. The highest BCUT2D eigenvalue weighted by molar-refractivity contribution is 9.10. The lowest BCUT2D eigenvalue weighted by Crippen LogP contribution is -2.38. The second-order valence-corrected chi connectivity index (χ2v) is 6.10. The minimum atomic E-state index is 0.155. The van der Waals surface area contributed by atoms with Crippen LogP contribution in [-0.4, -0.2) is 35.6 Å². The summed E-state index contributed by atoms with van der Waals surface area (Å²) in [7, 11) is 0. The van der Waals surface area contributed by atoms with Crippen molar-refractivity contribution in [3.05, 3.63) is 34.3 Å². The molecule has 0 aromatic heterocycles. The molecule has 1 saturated heterocycles. The van der Waals surface area contributed by atoms with Crippen molar-refractivity contribution in [3.63, 3.8) is 0 Å². The summed E-state index contributed by atoms with van der Waals surface area (Å²) in [5.74, 6) is 0.798. The van der Waals surface area contributed by atoms with E-state index in [2.05, 4.69) is 28.1 Å². The summed E-state index contributed by atoms with van der Waals surface area (Å²) >= 11 is 3.43. The second-order valence-electron chi connectivity index (χ2n) is 5.18. The van der Waals surface area contributed by atoms with Crippen LogP contribution in [0.5, 0.6) is 0 Å². The number of benzene rings is 1. The maximum Gasteiger partial charge on any atom is 0.219 e. The number of aliphatic hydroxyl groups is 1. The number of aliphatic hydroxyl groups excluding tert-OH is 1. The minimum Gasteiger partial charge on any atom is -0.396 e. The van der Waals surface area contributed by atoms with Crippen LogP contribution in [0.2, 0.25) is 0 Å². The average Bonchev–Trinajstić information content (AvgIpc) is 2.42. The molecule has 1 amide bonds. The zero-order chi connectivity index (χ0) is 13.8. The molecule has 2 rings (SSSR count). The first-order valence-corrected chi connectivity index (χ1v) is 7.53. The van der Waals surface area contributed by atoms with Crippen molar-refractivity contribution in [2.24, 2.45) is 5.92 Å². The Balaban J connectivity index is 2.03. The van der Waals surface area contributed by atoms with Crippen LogP contribution >= 0.6 is 15.9 Å². The lowest BCUT2D eigenvalue weighted by Gasteiger charge is -2.35. The largest absolute Gasteiger partial charge is 0.396 e. The van der Waals surface area contributed by atoms with Gasteiger partial charge in [-0.3, -0.25) is 4.79 Å². The van der Waals surface area contributed by atoms with Gasteiger partial charge in [0, 0.05) is 30.4 Å². The van der Waals surface area contributed by atoms with Crippen LogP contribution < -0.4 is 0 Å². The molecule has 0 radical (unpaired) electrons. The van der Waals surface area contributed by atoms with E-state index in [4.69, 9.17) is 0 Å². The van der Waals surface area contributed by atoms with E-state index in [9.17, 15) is 9.90 Å². The van der Waals surface area contributed by atoms with Gasteiger partial charge in [0.25, 0.3) is 0 Å². The summed E-state index contributed by atoms with van der Waals surface area (Å²) in [5.41, 5.74) is 1.19. The molecule has 0 saturated carbocycles. The summed E-state index contributed by atoms with van der Waals surface area (Å²) in [5, 5.41) is 9.68. The molecule has 1 aliphatic heterocycles. The number of carbonyl (C=O) groups excluding carboxylic acids is 1. The maximum atomic E-state index is 11.3. The number of hydrogen-bond acceptors (Lipinski definition) is 2. The van der Waals surface area contributed by atoms with Gasteiger partial charge in [0.1, 0.15) is 0 Å². The van der Waals surface area contributed by atoms with Crippen molar-refractivity contribution < 1.29 is 9.90 Å². The van der Waals surface area contributed by atoms with Crippen LogP contribution in [-0.2, 0) is 4.79 Å². The van der Waals surface area contributed by atoms with Gasteiger partial charge in [-0.25, -0.2) is 0 Å². The van der Waals surface area contributed by atoms with Gasteiger partial charge in [-0.05, 0) is 36.5 Å². The topological polar surface area (TPSA) is 40.5 Å². The van der Waals surface area contributed by atoms with E-state index in [0.717, 1.165) is 30.4 Å². The van der Waals surface area contributed by atoms with Gasteiger partial charge in [-0.15, -0.1) is 0 Å². The molecule has 4 heteroatoms. The zero-order valence-electron chi connectivity index (χ0n) is 11.2. The first-order chi connectivity index (χ1) is 9.11. The molecule has 1 N–H and O–H groups in total. The number of carbonyl (C=O) groups is 1. The highest BCUT2D eigenvalue weighted by Gasteiger charge is 2.27. The maximum absolute atomic E-state index is 11.3. The Morgan fingerprint density at radius 2 is 1.95 bits per heavy atom. The summed E-state index contributed by atoms with van der Waals surface area (Å²) in [6, 6.07) is 8.18. The van der Waals surface area contributed by atoms with Crippen molar-refractivity contribution in [3.8, 4) is 0 Å². The highest BCUT2D eigenvalue weighted by Crippen LogP contribution is 2.33. The molecule has 1 heterocycles. The Morgan fingerprint density at radius 1 is 1.37 bits per heavy atom. The molecule has 0 bridgehead atoms. The number of hydrogen-bond donors (Lipinski definition) is 1. The standard InChI is InChI=1S/C15H20BrNO2/c1-11(19)17-8-6-13(7-9-17)15(10-18)12-2-4-14(16)5-3-12/h2-5,13,15,18H,6-10H2,1H3. The molecule has 1 unspecified atom stereocenters. The van der Waals surface area contributed by atoms with E-state index < -0.39 is 0 Å². The highest BCUT2D eigenvalue weighted by atomic mass is 79.9. The van der Waals surface area contributed by atoms with E-state index in [-0.39, 0.29) is 18.4 Å². The Hall–Kier alpha value is -0.870. The lowest BCUT2D eigenvalue weighted by atomic mass is 9.80. The summed E-state index contributed by atoms with van der Waals surface area (Å²) < 4.78 is 1.05. The van der Waals surface area contributed by atoms with E-state index in [1.807, 2.05) is 17.0 Å². The van der Waals surface area contributed by atoms with Crippen LogP contribution in [0, 0.1) is 5.92 Å². The molecule has 0 aliphatic carbocycles. The molecule has 3 nitrogen and oxygen atoms in total. The molecule has 0 spiro atoms. The smallest absolute Gasteiger partial charge is 0.219 e. The van der Waals surface area contributed by atoms with Gasteiger partial charge in [0.15, 0.2) is 0 Å². The fourth-order valence-electron chi connectivity index (χ4n) is 2.85. The van der Waals surface area contributed by atoms with Gasteiger partial charge in [-0.1, -0.05) is 28.1 Å². The number of halogens is 1. The summed E-state index contributed by atoms with van der Waals surface area (Å²) in [6.45, 7) is 3.42. The van der Waals surface area contributed by atoms with Gasteiger partial charge < -0.3 is 10.0 Å². The Kier molecular flexibility index (Phi) is 4.99. The van der Waals surface area contributed by atoms with Crippen LogP contribution in [0.3, 0.4) is 0 Å². The Bertz CT molecular complexity index is 424. The second kappa shape index (κ2) is 6.53. The average molecular weight is 326 g/mol. The predicted octanol–water partition coefficient (Wildman–Crippen LogP) is 2.78. The molecule has 104 valence electrons. The van der Waals surface area contributed by atoms with Crippen LogP contribution in [0.25, 0.3) is 0 Å². The van der Waals surface area contributed by atoms with Gasteiger partial charge in [-0.2, -0.15) is 0 Å². The van der Waals surface area contributed by atoms with E-state index in [0.29, 0.717) is 5.92 Å². The first-order valence-electron chi connectivity index (χ1n) is 6.73. The van der Waals surface area contributed by atoms with Crippen molar-refractivity contribution in [1.29, 1.82) is 0 Å². The molecule has 1 aliphatic rings. The monoisotopic (exact) mass is 325 g/mol. The normalized spacial score (nSPS) is 18.4. The van der Waals surface area contributed by atoms with Gasteiger partial charge in [0.05, 0.1) is 6.61 Å². The Morgan fingerprint density at radius 3 is 2.42 bits per heavy atom. The number of piperidine rings is 1. The van der Waals surface area contributed by atoms with Gasteiger partial charge >= 0.3 is 0 Å². The minimum absolute atomic E-state index is 0.155. The summed E-state index contributed by atoms with van der Waals surface area (Å²) in [6.07, 6.45) is 1.95. The molecule has 1 atom stereocenters. The van der Waals surface area contributed by atoms with E-state index in [1.165, 1.54) is 5.56 Å². The van der Waals surface area contributed by atoms with Crippen molar-refractivity contribution in [2.45, 2.75) is 25.7 Å². The third kappa shape index (κ3) is 3.57. The quantitative estimate of drug-likeness (QED) is 0.928. The van der Waals surface area contributed by atoms with Crippen molar-refractivity contribution in [1.82, 2.24) is 4.90 Å². The number of likely N-dealkylation sites (tertiary alicyclic amines) is 1. The van der Waals surface area contributed by atoms with E-state index >= 15 is 0 Å². The SMILES string of the molecule is CC(=O)N1CCC(C(CO)c2ccc(Br)cc2)CC1. The third-order valence-electron chi connectivity index (χ3n) is 4.05. The van der Waals surface area contributed by atoms with E-state index in [1.54, 1.807) is 6.92 Å². The number of rotatable bonds is 3. The molecular weight excluding hydrogens is 306 g/mol. The van der Waals surface area contributed by atoms with Crippen LogP contribution in [0.15, 0.2) is 28.7 Å². The molecule has 1 fully saturated rings. The number of nitrogens with zero attached hydrogens (tertiary/aromatic N) is 1. The molecule has 1 aromatic rings. The first kappa shape index (κ1) is 14.5. The zero-order valence-corrected chi connectivity index (χ0v) is 12.8. The van der Waals surface area contributed by atoms with Crippen molar-refractivity contribution in [2.75, 3.05) is 19.7 Å². The van der Waals surface area contributed by atoms with Crippen molar-refractivity contribution >= 4 is 21.8 Å². The van der Waals surface area contributed by atoms with Gasteiger partial charge in [0.2, 0.25) is 5.91 Å². The van der Waals surface area contributed by atoms with Crippen LogP contribution in [0.4, 0.5) is 0 Å². The predicted molar refractivity (Wildman–Crippen MR) is 78.9 cm³/mol. The Labute approximate surface area is 122 Å². The van der Waals surface area contributed by atoms with Crippen LogP contribution in [0.1, 0.15) is 31.2 Å². The lowest BCUT2D eigenvalue weighted by molar-refractivity contribution is -0.130. The number of amides is 1.